The van der Waals surface area contributed by atoms with E-state index in [0.717, 1.165) is 57.7 Å². The van der Waals surface area contributed by atoms with Gasteiger partial charge in [0.1, 0.15) is 0 Å². The largest absolute Gasteiger partial charge is 0.348 e. The van der Waals surface area contributed by atoms with E-state index in [1.54, 1.807) is 0 Å². The number of rotatable bonds is 4. The van der Waals surface area contributed by atoms with E-state index in [1.807, 2.05) is 29.5 Å². The third kappa shape index (κ3) is 2.97. The quantitative estimate of drug-likeness (QED) is 0.761. The van der Waals surface area contributed by atoms with Crippen LogP contribution in [0.1, 0.15) is 36.7 Å². The van der Waals surface area contributed by atoms with E-state index in [2.05, 4.69) is 51.1 Å². The molecule has 0 radical (unpaired) electrons. The molecule has 0 saturated carbocycles. The van der Waals surface area contributed by atoms with Crippen molar-refractivity contribution >= 4 is 0 Å². The van der Waals surface area contributed by atoms with Gasteiger partial charge in [-0.1, -0.05) is 19.1 Å². The fraction of sp³-hybridized carbons (Fsp3) is 0.455. The van der Waals surface area contributed by atoms with E-state index in [9.17, 15) is 0 Å². The van der Waals surface area contributed by atoms with Gasteiger partial charge in [-0.25, -0.2) is 9.67 Å². The Morgan fingerprint density at radius 2 is 2.04 bits per heavy atom. The summed E-state index contributed by atoms with van der Waals surface area (Å²) in [4.78, 5) is 13.4. The molecule has 1 aromatic carbocycles. The van der Waals surface area contributed by atoms with E-state index in [1.165, 1.54) is 17.0 Å². The molecule has 1 N–H and O–H groups in total. The summed E-state index contributed by atoms with van der Waals surface area (Å²) in [5.74, 6) is 0. The molecule has 0 amide bonds. The normalized spacial score (nSPS) is 19.8. The monoisotopic (exact) mass is 376 g/mol. The number of fused-ring (bicyclic) bond motifs is 2. The molecule has 2 aromatic heterocycles. The Morgan fingerprint density at radius 3 is 2.82 bits per heavy atom. The van der Waals surface area contributed by atoms with Crippen molar-refractivity contribution in [2.24, 2.45) is 0 Å². The minimum absolute atomic E-state index is 0.121. The number of benzene rings is 1. The summed E-state index contributed by atoms with van der Waals surface area (Å²) in [6, 6.07) is 10.7. The number of likely N-dealkylation sites (tertiary alicyclic amines) is 1. The second-order valence-electron chi connectivity index (χ2n) is 7.99. The lowest BCUT2D eigenvalue weighted by Gasteiger charge is -2.50. The molecular weight excluding hydrogens is 348 g/mol. The van der Waals surface area contributed by atoms with E-state index in [4.69, 9.17) is 4.98 Å². The van der Waals surface area contributed by atoms with E-state index >= 15 is 0 Å². The minimum Gasteiger partial charge on any atom is -0.348 e. The van der Waals surface area contributed by atoms with Crippen LogP contribution in [-0.2, 0) is 18.5 Å². The number of nitrogens with one attached hydrogen (secondary N) is 1. The Morgan fingerprint density at radius 1 is 1.14 bits per heavy atom. The first kappa shape index (κ1) is 17.6. The number of aromatic amines is 1. The molecule has 0 unspecified atom stereocenters. The van der Waals surface area contributed by atoms with Gasteiger partial charge in [0.25, 0.3) is 0 Å². The highest BCUT2D eigenvalue weighted by Crippen LogP contribution is 2.42. The molecule has 2 aliphatic rings. The van der Waals surface area contributed by atoms with Gasteiger partial charge in [0.05, 0.1) is 23.2 Å². The number of hydrogen-bond acceptors (Lipinski definition) is 4. The summed E-state index contributed by atoms with van der Waals surface area (Å²) in [7, 11) is 0. The first-order chi connectivity index (χ1) is 13.8. The van der Waals surface area contributed by atoms with Gasteiger partial charge in [-0.3, -0.25) is 9.80 Å². The van der Waals surface area contributed by atoms with Gasteiger partial charge in [-0.2, -0.15) is 5.10 Å². The van der Waals surface area contributed by atoms with Crippen molar-refractivity contribution in [2.75, 3.05) is 26.2 Å². The van der Waals surface area contributed by atoms with Crippen molar-refractivity contribution in [3.05, 3.63) is 66.0 Å². The minimum atomic E-state index is 0.121. The van der Waals surface area contributed by atoms with Gasteiger partial charge in [-0.05, 0) is 43.1 Å². The number of aromatic nitrogens is 4. The lowest BCUT2D eigenvalue weighted by atomic mass is 9.78. The van der Waals surface area contributed by atoms with Gasteiger partial charge in [0.2, 0.25) is 0 Å². The topological polar surface area (TPSA) is 53.0 Å². The summed E-state index contributed by atoms with van der Waals surface area (Å²) < 4.78 is 1.93. The molecule has 1 spiro atoms. The highest BCUT2D eigenvalue weighted by Gasteiger charge is 2.45. The van der Waals surface area contributed by atoms with E-state index in [-0.39, 0.29) is 5.54 Å². The molecular formula is C22H28N6. The van der Waals surface area contributed by atoms with Crippen LogP contribution < -0.4 is 0 Å². The van der Waals surface area contributed by atoms with Crippen molar-refractivity contribution in [3.63, 3.8) is 0 Å². The highest BCUT2D eigenvalue weighted by molar-refractivity contribution is 5.35. The van der Waals surface area contributed by atoms with Crippen molar-refractivity contribution in [3.8, 4) is 5.69 Å². The number of likely N-dealkylation sites (N-methyl/N-ethyl adjacent to an activating group) is 1. The molecule has 6 nitrogen and oxygen atoms in total. The fourth-order valence-electron chi connectivity index (χ4n) is 5.10. The Bertz CT molecular complexity index is 920. The lowest BCUT2D eigenvalue weighted by Crippen LogP contribution is -2.56. The molecule has 146 valence electrons. The van der Waals surface area contributed by atoms with Crippen LogP contribution in [0, 0.1) is 0 Å². The van der Waals surface area contributed by atoms with Crippen LogP contribution in [0.3, 0.4) is 0 Å². The molecule has 5 rings (SSSR count). The highest BCUT2D eigenvalue weighted by atomic mass is 15.3. The van der Waals surface area contributed by atoms with Crippen molar-refractivity contribution in [1.29, 1.82) is 0 Å². The van der Waals surface area contributed by atoms with E-state index < -0.39 is 0 Å². The van der Waals surface area contributed by atoms with Gasteiger partial charge >= 0.3 is 0 Å². The van der Waals surface area contributed by atoms with Crippen LogP contribution in [0.2, 0.25) is 0 Å². The predicted octanol–water partition coefficient (Wildman–Crippen LogP) is 2.96. The summed E-state index contributed by atoms with van der Waals surface area (Å²) in [6.45, 7) is 7.72. The Hall–Kier alpha value is -2.44. The van der Waals surface area contributed by atoms with Crippen LogP contribution in [0.25, 0.3) is 5.69 Å². The molecule has 28 heavy (non-hydrogen) atoms. The number of imidazole rings is 1. The molecule has 0 aliphatic carbocycles. The standard InChI is InChI=1S/C22H28N6/c1-2-27-12-7-20-21(24-17-23-20)22(27)8-13-26(14-9-22)16-18-5-3-6-19(15-18)28-11-4-10-25-28/h3-6,10-11,15,17H,2,7-9,12-14,16H2,1H3,(H,23,24). The first-order valence-corrected chi connectivity index (χ1v) is 10.4. The molecule has 6 heteroatoms. The van der Waals surface area contributed by atoms with Crippen molar-refractivity contribution in [1.82, 2.24) is 29.5 Å². The van der Waals surface area contributed by atoms with E-state index in [0.29, 0.717) is 0 Å². The van der Waals surface area contributed by atoms with Crippen molar-refractivity contribution < 1.29 is 0 Å². The number of hydrogen-bond donors (Lipinski definition) is 1. The van der Waals surface area contributed by atoms with Gasteiger partial charge in [0, 0.05) is 50.7 Å². The van der Waals surface area contributed by atoms with Crippen molar-refractivity contribution in [2.45, 2.75) is 38.3 Å². The molecule has 0 atom stereocenters. The lowest BCUT2D eigenvalue weighted by molar-refractivity contribution is 0.00710. The second kappa shape index (κ2) is 7.18. The Kier molecular flexibility index (Phi) is 4.53. The third-order valence-corrected chi connectivity index (χ3v) is 6.55. The zero-order valence-corrected chi connectivity index (χ0v) is 16.5. The maximum atomic E-state index is 4.76. The molecule has 1 fully saturated rings. The zero-order valence-electron chi connectivity index (χ0n) is 16.5. The van der Waals surface area contributed by atoms with Gasteiger partial charge < -0.3 is 4.98 Å². The van der Waals surface area contributed by atoms with Gasteiger partial charge in [-0.15, -0.1) is 0 Å². The number of nitrogens with zero attached hydrogens (tertiary/aromatic N) is 5. The smallest absolute Gasteiger partial charge is 0.0926 e. The Labute approximate surface area is 166 Å². The molecule has 1 saturated heterocycles. The zero-order chi connectivity index (χ0) is 19.0. The average molecular weight is 377 g/mol. The van der Waals surface area contributed by atoms with Crippen LogP contribution in [0.5, 0.6) is 0 Å². The Balaban J connectivity index is 1.31. The SMILES string of the molecule is CCN1CCc2[nH]cnc2C12CCN(Cc1cccc(-n3cccn3)c1)CC2. The molecule has 4 heterocycles. The predicted molar refractivity (Wildman–Crippen MR) is 109 cm³/mol. The van der Waals surface area contributed by atoms with Crippen LogP contribution in [-0.4, -0.2) is 55.7 Å². The number of H-pyrrole nitrogens is 1. The first-order valence-electron chi connectivity index (χ1n) is 10.4. The molecule has 0 bridgehead atoms. The summed E-state index contributed by atoms with van der Waals surface area (Å²) in [5.41, 5.74) is 5.25. The van der Waals surface area contributed by atoms with Gasteiger partial charge in [0.15, 0.2) is 0 Å². The second-order valence-corrected chi connectivity index (χ2v) is 7.99. The molecule has 3 aromatic rings. The fourth-order valence-corrected chi connectivity index (χ4v) is 5.10. The summed E-state index contributed by atoms with van der Waals surface area (Å²) in [6.07, 6.45) is 9.10. The summed E-state index contributed by atoms with van der Waals surface area (Å²) in [5, 5.41) is 4.35. The van der Waals surface area contributed by atoms with Crippen LogP contribution in [0.15, 0.2) is 49.1 Å². The third-order valence-electron chi connectivity index (χ3n) is 6.55. The summed E-state index contributed by atoms with van der Waals surface area (Å²) >= 11 is 0. The molecule has 2 aliphatic heterocycles. The van der Waals surface area contributed by atoms with Crippen LogP contribution >= 0.6 is 0 Å². The average Bonchev–Trinajstić information content (AvgIpc) is 3.43. The maximum absolute atomic E-state index is 4.76. The van der Waals surface area contributed by atoms with Crippen LogP contribution in [0.4, 0.5) is 0 Å². The maximum Gasteiger partial charge on any atom is 0.0926 e. The number of piperidine rings is 1.